The number of methoxy groups -OCH3 is 4. The minimum atomic E-state index is -0.807. The van der Waals surface area contributed by atoms with Gasteiger partial charge in [-0.2, -0.15) is 0 Å². The Morgan fingerprint density at radius 3 is 1.87 bits per heavy atom. The van der Waals surface area contributed by atoms with Gasteiger partial charge in [0, 0.05) is 69.9 Å². The van der Waals surface area contributed by atoms with Gasteiger partial charge in [0.1, 0.15) is 28.7 Å². The maximum atomic E-state index is 8.05. The molecule has 0 radical (unpaired) electrons. The standard InChI is InChI=1S/C56H61NO6/c1-35-31-56(37-16-20-39(58-6)21-17-37,36-14-18-38(19-15-36)57-24-26-62-27-25-57)63-52-45-30-48(61-9)43(41-23-22-40(59-7)28-47(41)60-8)29-44(45)50-42-12-10-11-13-46(42)55(51(50)49(35)52)33-53(2,3)32-54(4,5)34-55/h10-23,28-30,35H,24-27,31-34H2,1-9H3. The average molecular weight is 844 g/mol. The van der Waals surface area contributed by atoms with E-state index < -0.39 is 5.60 Å². The van der Waals surface area contributed by atoms with Gasteiger partial charge in [0.05, 0.1) is 41.7 Å². The zero-order chi connectivity index (χ0) is 43.9. The van der Waals surface area contributed by atoms with Crippen LogP contribution in [0.3, 0.4) is 0 Å². The molecular weight excluding hydrogens is 783 g/mol. The van der Waals surface area contributed by atoms with Crippen molar-refractivity contribution in [2.45, 2.75) is 77.2 Å². The van der Waals surface area contributed by atoms with Crippen LogP contribution in [-0.4, -0.2) is 54.7 Å². The quantitative estimate of drug-likeness (QED) is 0.151. The van der Waals surface area contributed by atoms with E-state index in [2.05, 4.69) is 131 Å². The maximum Gasteiger partial charge on any atom is 0.160 e. The van der Waals surface area contributed by atoms with E-state index in [-0.39, 0.29) is 22.2 Å². The van der Waals surface area contributed by atoms with E-state index in [0.717, 1.165) is 107 Å². The van der Waals surface area contributed by atoms with E-state index in [1.807, 2.05) is 12.1 Å². The molecule has 4 aliphatic rings. The molecule has 1 saturated heterocycles. The Morgan fingerprint density at radius 1 is 0.603 bits per heavy atom. The van der Waals surface area contributed by atoms with E-state index in [4.69, 9.17) is 28.4 Å². The third-order valence-corrected chi connectivity index (χ3v) is 14.7. The largest absolute Gasteiger partial charge is 0.497 e. The topological polar surface area (TPSA) is 58.6 Å². The Kier molecular flexibility index (Phi) is 10.0. The summed E-state index contributed by atoms with van der Waals surface area (Å²) in [5, 5.41) is 2.20. The van der Waals surface area contributed by atoms with Gasteiger partial charge in [-0.1, -0.05) is 83.1 Å². The number of benzene rings is 6. The van der Waals surface area contributed by atoms with E-state index >= 15 is 0 Å². The highest BCUT2D eigenvalue weighted by atomic mass is 16.5. The van der Waals surface area contributed by atoms with E-state index in [1.54, 1.807) is 28.4 Å². The normalized spacial score (nSPS) is 21.5. The van der Waals surface area contributed by atoms with Gasteiger partial charge in [0.2, 0.25) is 0 Å². The molecule has 7 nitrogen and oxygen atoms in total. The molecule has 0 aromatic heterocycles. The summed E-state index contributed by atoms with van der Waals surface area (Å²) in [7, 11) is 6.89. The van der Waals surface area contributed by atoms with Crippen LogP contribution in [0.5, 0.6) is 28.7 Å². The fourth-order valence-electron chi connectivity index (χ4n) is 12.9. The van der Waals surface area contributed by atoms with Gasteiger partial charge < -0.3 is 33.3 Å². The Hall–Kier alpha value is -5.66. The molecule has 2 aliphatic carbocycles. The second-order valence-electron chi connectivity index (χ2n) is 20.1. The first-order valence-corrected chi connectivity index (χ1v) is 22.7. The lowest BCUT2D eigenvalue weighted by molar-refractivity contribution is 0.0586. The lowest BCUT2D eigenvalue weighted by Crippen LogP contribution is -2.45. The van der Waals surface area contributed by atoms with Gasteiger partial charge in [-0.3, -0.25) is 0 Å². The van der Waals surface area contributed by atoms with Crippen molar-refractivity contribution in [3.05, 3.63) is 131 Å². The number of rotatable bonds is 8. The molecule has 0 N–H and O–H groups in total. The predicted molar refractivity (Wildman–Crippen MR) is 254 cm³/mol. The van der Waals surface area contributed by atoms with Crippen LogP contribution in [0.25, 0.3) is 33.0 Å². The minimum absolute atomic E-state index is 0.105. The van der Waals surface area contributed by atoms with Gasteiger partial charge >= 0.3 is 0 Å². The number of anilines is 1. The number of fused-ring (bicyclic) bond motifs is 10. The molecule has 2 fully saturated rings. The van der Waals surface area contributed by atoms with Gasteiger partial charge in [-0.25, -0.2) is 0 Å². The molecule has 63 heavy (non-hydrogen) atoms. The molecule has 2 aliphatic heterocycles. The van der Waals surface area contributed by atoms with Crippen LogP contribution in [0, 0.1) is 10.8 Å². The van der Waals surface area contributed by atoms with Crippen molar-refractivity contribution in [1.29, 1.82) is 0 Å². The van der Waals surface area contributed by atoms with Crippen molar-refractivity contribution < 1.29 is 28.4 Å². The first-order chi connectivity index (χ1) is 30.3. The van der Waals surface area contributed by atoms with E-state index in [0.29, 0.717) is 0 Å². The highest BCUT2D eigenvalue weighted by molar-refractivity contribution is 6.09. The molecule has 1 saturated carbocycles. The average Bonchev–Trinajstić information content (AvgIpc) is 3.55. The molecule has 326 valence electrons. The lowest BCUT2D eigenvalue weighted by Gasteiger charge is -2.53. The van der Waals surface area contributed by atoms with Crippen LogP contribution in [0.1, 0.15) is 94.0 Å². The number of morpholine rings is 1. The predicted octanol–water partition coefficient (Wildman–Crippen LogP) is 12.7. The van der Waals surface area contributed by atoms with Crippen LogP contribution in [-0.2, 0) is 15.8 Å². The Bertz CT molecular complexity index is 2700. The van der Waals surface area contributed by atoms with Crippen LogP contribution in [0.4, 0.5) is 5.69 Å². The number of hydrogen-bond donors (Lipinski definition) is 0. The molecule has 0 bridgehead atoms. The summed E-state index contributed by atoms with van der Waals surface area (Å²) in [4.78, 5) is 2.41. The smallest absolute Gasteiger partial charge is 0.160 e. The van der Waals surface area contributed by atoms with Gasteiger partial charge in [0.25, 0.3) is 0 Å². The molecule has 6 aromatic rings. The molecular formula is C56H61NO6. The highest BCUT2D eigenvalue weighted by Crippen LogP contribution is 2.68. The number of hydrogen-bond acceptors (Lipinski definition) is 7. The van der Waals surface area contributed by atoms with Crippen LogP contribution < -0.4 is 28.6 Å². The van der Waals surface area contributed by atoms with Crippen molar-refractivity contribution in [3.63, 3.8) is 0 Å². The number of nitrogens with zero attached hydrogens (tertiary/aromatic N) is 1. The highest BCUT2D eigenvalue weighted by Gasteiger charge is 2.57. The summed E-state index contributed by atoms with van der Waals surface area (Å²) in [6.45, 7) is 15.6. The molecule has 0 amide bonds. The van der Waals surface area contributed by atoms with Crippen molar-refractivity contribution in [2.75, 3.05) is 59.6 Å². The Morgan fingerprint density at radius 2 is 1.22 bits per heavy atom. The lowest BCUT2D eigenvalue weighted by atomic mass is 9.51. The maximum absolute atomic E-state index is 8.05. The molecule has 10 rings (SSSR count). The molecule has 6 aromatic carbocycles. The Labute approximate surface area is 373 Å². The van der Waals surface area contributed by atoms with Crippen LogP contribution >= 0.6 is 0 Å². The SMILES string of the molecule is COc1ccc(C2(c3ccc(N4CCOCC4)cc3)CC(C)c3c4c(c5cc(-c6ccc(OC)cc6OC)c(OC)cc5c3O2)-c2ccccc2C42CC(C)(C)CC(C)(C)C2)cc1. The van der Waals surface area contributed by atoms with Gasteiger partial charge in [0.15, 0.2) is 5.60 Å². The summed E-state index contributed by atoms with van der Waals surface area (Å²) in [6.07, 6.45) is 4.04. The van der Waals surface area contributed by atoms with Gasteiger partial charge in [-0.05, 0) is 112 Å². The first-order valence-electron chi connectivity index (χ1n) is 22.7. The molecule has 7 heteroatoms. The van der Waals surface area contributed by atoms with Crippen LogP contribution in [0.2, 0.25) is 0 Å². The molecule has 2 atom stereocenters. The molecule has 2 heterocycles. The second-order valence-corrected chi connectivity index (χ2v) is 20.1. The summed E-state index contributed by atoms with van der Waals surface area (Å²) in [5.41, 5.74) is 11.4. The fraction of sp³-hybridized carbons (Fsp3) is 0.393. The first kappa shape index (κ1) is 41.4. The summed E-state index contributed by atoms with van der Waals surface area (Å²) < 4.78 is 37.5. The summed E-state index contributed by atoms with van der Waals surface area (Å²) in [5.74, 6) is 4.09. The van der Waals surface area contributed by atoms with Crippen molar-refractivity contribution in [1.82, 2.24) is 0 Å². The summed E-state index contributed by atoms with van der Waals surface area (Å²) in [6, 6.07) is 37.5. The van der Waals surface area contributed by atoms with E-state index in [9.17, 15) is 0 Å². The fourth-order valence-corrected chi connectivity index (χ4v) is 12.9. The second kappa shape index (κ2) is 15.3. The van der Waals surface area contributed by atoms with Crippen molar-refractivity contribution in [2.24, 2.45) is 10.8 Å². The zero-order valence-electron chi connectivity index (χ0n) is 38.4. The van der Waals surface area contributed by atoms with E-state index in [1.165, 1.54) is 39.9 Å². The van der Waals surface area contributed by atoms with Crippen molar-refractivity contribution >= 4 is 16.5 Å². The minimum Gasteiger partial charge on any atom is -0.497 e. The molecule has 1 spiro atoms. The zero-order valence-corrected chi connectivity index (χ0v) is 38.4. The summed E-state index contributed by atoms with van der Waals surface area (Å²) >= 11 is 0. The number of ether oxygens (including phenoxy) is 6. The third-order valence-electron chi connectivity index (χ3n) is 14.7. The van der Waals surface area contributed by atoms with Crippen LogP contribution in [0.15, 0.2) is 103 Å². The third kappa shape index (κ3) is 6.64. The monoisotopic (exact) mass is 843 g/mol. The Balaban J connectivity index is 1.29. The van der Waals surface area contributed by atoms with Gasteiger partial charge in [-0.15, -0.1) is 0 Å². The van der Waals surface area contributed by atoms with Crippen molar-refractivity contribution in [3.8, 4) is 51.0 Å². The molecule has 2 unspecified atom stereocenters.